The zero-order valence-electron chi connectivity index (χ0n) is 19.0. The van der Waals surface area contributed by atoms with E-state index in [0.29, 0.717) is 57.9 Å². The van der Waals surface area contributed by atoms with Crippen LogP contribution in [0.3, 0.4) is 0 Å². The number of amides is 2. The van der Waals surface area contributed by atoms with E-state index in [1.54, 1.807) is 21.9 Å². The van der Waals surface area contributed by atoms with Crippen LogP contribution in [-0.2, 0) is 6.42 Å². The number of alkyl halides is 3. The molecule has 2 saturated heterocycles. The van der Waals surface area contributed by atoms with Gasteiger partial charge in [0.1, 0.15) is 0 Å². The van der Waals surface area contributed by atoms with Gasteiger partial charge < -0.3 is 24.2 Å². The maximum Gasteiger partial charge on any atom is 0.393 e. The number of likely N-dealkylation sites (tertiary alicyclic amines) is 2. The predicted molar refractivity (Wildman–Crippen MR) is 116 cm³/mol. The highest BCUT2D eigenvalue weighted by Gasteiger charge is 2.37. The molecule has 1 aromatic heterocycles. The fourth-order valence-corrected chi connectivity index (χ4v) is 4.65. The quantitative estimate of drug-likeness (QED) is 0.699. The summed E-state index contributed by atoms with van der Waals surface area (Å²) in [6.07, 6.45) is -3.96. The van der Waals surface area contributed by atoms with E-state index >= 15 is 0 Å². The Hall–Kier alpha value is -2.82. The van der Waals surface area contributed by atoms with Crippen LogP contribution < -0.4 is 4.74 Å². The Bertz CT molecular complexity index is 958. The van der Waals surface area contributed by atoms with Crippen molar-refractivity contribution in [3.05, 3.63) is 41.3 Å². The molecule has 3 heterocycles. The molecule has 0 bridgehead atoms. The first kappa shape index (κ1) is 24.3. The van der Waals surface area contributed by atoms with Crippen molar-refractivity contribution in [1.29, 1.82) is 0 Å². The standard InChI is InChI=1S/C23H29F3N4O4/c1-2-33-21-27-20(34-28-21)18-11-17(16-5-3-15(4-6-16)12-23(24,25)26)13-30(14-18)22(32)29-9-7-19(31)8-10-29/h3-6,17-19,31H,2,7-14H2,1H3. The first-order valence-electron chi connectivity index (χ1n) is 11.6. The smallest absolute Gasteiger partial charge is 0.393 e. The number of nitrogens with zero attached hydrogens (tertiary/aromatic N) is 4. The van der Waals surface area contributed by atoms with E-state index in [9.17, 15) is 23.1 Å². The Morgan fingerprint density at radius 2 is 1.82 bits per heavy atom. The van der Waals surface area contributed by atoms with Gasteiger partial charge in [0.05, 0.1) is 25.0 Å². The minimum absolute atomic E-state index is 0.111. The van der Waals surface area contributed by atoms with Crippen LogP contribution in [0.25, 0.3) is 0 Å². The van der Waals surface area contributed by atoms with Crippen LogP contribution in [0.2, 0.25) is 0 Å². The first-order chi connectivity index (χ1) is 16.2. The minimum atomic E-state index is -4.26. The maximum atomic E-state index is 13.3. The minimum Gasteiger partial charge on any atom is -0.462 e. The summed E-state index contributed by atoms with van der Waals surface area (Å²) in [6.45, 7) is 3.97. The molecule has 2 fully saturated rings. The second-order valence-corrected chi connectivity index (χ2v) is 8.92. The number of halogens is 3. The normalized spacial score (nSPS) is 22.1. The molecule has 2 unspecified atom stereocenters. The van der Waals surface area contributed by atoms with Crippen molar-refractivity contribution in [2.45, 2.75) is 56.7 Å². The van der Waals surface area contributed by atoms with Crippen LogP contribution in [0.4, 0.5) is 18.0 Å². The fourth-order valence-electron chi connectivity index (χ4n) is 4.65. The molecule has 0 aliphatic carbocycles. The Morgan fingerprint density at radius 1 is 1.15 bits per heavy atom. The van der Waals surface area contributed by atoms with E-state index in [4.69, 9.17) is 9.26 Å². The Labute approximate surface area is 195 Å². The van der Waals surface area contributed by atoms with Crippen LogP contribution in [0.5, 0.6) is 6.01 Å². The SMILES string of the molecule is CCOc1noc(C2CC(c3ccc(CC(F)(F)F)cc3)CN(C(=O)N3CCC(O)CC3)C2)n1. The van der Waals surface area contributed by atoms with E-state index in [1.165, 1.54) is 12.1 Å². The van der Waals surface area contributed by atoms with Crippen molar-refractivity contribution in [3.8, 4) is 6.01 Å². The molecule has 0 radical (unpaired) electrons. The predicted octanol–water partition coefficient (Wildman–Crippen LogP) is 3.72. The van der Waals surface area contributed by atoms with Gasteiger partial charge in [-0.3, -0.25) is 0 Å². The van der Waals surface area contributed by atoms with E-state index in [0.717, 1.165) is 5.56 Å². The topological polar surface area (TPSA) is 91.9 Å². The third kappa shape index (κ3) is 5.99. The summed E-state index contributed by atoms with van der Waals surface area (Å²) >= 11 is 0. The lowest BCUT2D eigenvalue weighted by Gasteiger charge is -2.40. The van der Waals surface area contributed by atoms with Gasteiger partial charge in [0.25, 0.3) is 0 Å². The summed E-state index contributed by atoms with van der Waals surface area (Å²) in [4.78, 5) is 21.1. The van der Waals surface area contributed by atoms with Crippen molar-refractivity contribution in [2.24, 2.45) is 0 Å². The number of urea groups is 1. The maximum absolute atomic E-state index is 13.3. The second kappa shape index (κ2) is 10.2. The summed E-state index contributed by atoms with van der Waals surface area (Å²) in [5, 5.41) is 13.6. The Kier molecular flexibility index (Phi) is 7.30. The molecule has 2 aromatic rings. The molecule has 2 atom stereocenters. The van der Waals surface area contributed by atoms with Crippen LogP contribution in [-0.4, -0.2) is 76.1 Å². The molecule has 11 heteroatoms. The molecule has 2 aliphatic rings. The molecular weight excluding hydrogens is 453 g/mol. The highest BCUT2D eigenvalue weighted by Crippen LogP contribution is 2.36. The number of aromatic nitrogens is 2. The van der Waals surface area contributed by atoms with Gasteiger partial charge in [-0.25, -0.2) is 4.79 Å². The van der Waals surface area contributed by atoms with Crippen LogP contribution in [0.1, 0.15) is 55.0 Å². The van der Waals surface area contributed by atoms with Gasteiger partial charge in [0.15, 0.2) is 0 Å². The fraction of sp³-hybridized carbons (Fsp3) is 0.609. The summed E-state index contributed by atoms with van der Waals surface area (Å²) in [7, 11) is 0. The summed E-state index contributed by atoms with van der Waals surface area (Å²) in [5.41, 5.74) is 1.05. The molecule has 1 aromatic carbocycles. The number of carbonyl (C=O) groups excluding carboxylic acids is 1. The molecule has 2 amide bonds. The molecule has 0 saturated carbocycles. The molecule has 34 heavy (non-hydrogen) atoms. The average molecular weight is 483 g/mol. The van der Waals surface area contributed by atoms with Crippen molar-refractivity contribution >= 4 is 6.03 Å². The van der Waals surface area contributed by atoms with Gasteiger partial charge in [0, 0.05) is 32.1 Å². The third-order valence-corrected chi connectivity index (χ3v) is 6.36. The van der Waals surface area contributed by atoms with E-state index in [-0.39, 0.29) is 29.4 Å². The molecule has 2 aliphatic heterocycles. The van der Waals surface area contributed by atoms with Crippen molar-refractivity contribution < 1.29 is 32.3 Å². The van der Waals surface area contributed by atoms with E-state index in [1.807, 2.05) is 6.92 Å². The van der Waals surface area contributed by atoms with Gasteiger partial charge in [0.2, 0.25) is 5.89 Å². The highest BCUT2D eigenvalue weighted by molar-refractivity contribution is 5.75. The van der Waals surface area contributed by atoms with Crippen LogP contribution in [0, 0.1) is 0 Å². The van der Waals surface area contributed by atoms with E-state index < -0.39 is 18.7 Å². The molecule has 186 valence electrons. The number of piperidine rings is 2. The lowest BCUT2D eigenvalue weighted by Crippen LogP contribution is -2.51. The van der Waals surface area contributed by atoms with Crippen molar-refractivity contribution in [3.63, 3.8) is 0 Å². The van der Waals surface area contributed by atoms with Crippen LogP contribution >= 0.6 is 0 Å². The lowest BCUT2D eigenvalue weighted by atomic mass is 9.84. The highest BCUT2D eigenvalue weighted by atomic mass is 19.4. The van der Waals surface area contributed by atoms with Gasteiger partial charge in [-0.2, -0.15) is 18.2 Å². The number of ether oxygens (including phenoxy) is 1. The number of aliphatic hydroxyl groups is 1. The average Bonchev–Trinajstić information content (AvgIpc) is 3.27. The number of carbonyl (C=O) groups is 1. The molecule has 1 N–H and O–H groups in total. The summed E-state index contributed by atoms with van der Waals surface area (Å²) < 4.78 is 48.9. The van der Waals surface area contributed by atoms with Crippen molar-refractivity contribution in [2.75, 3.05) is 32.8 Å². The monoisotopic (exact) mass is 482 g/mol. The largest absolute Gasteiger partial charge is 0.462 e. The molecule has 0 spiro atoms. The Morgan fingerprint density at radius 3 is 2.47 bits per heavy atom. The molecule has 4 rings (SSSR count). The Balaban J connectivity index is 1.54. The van der Waals surface area contributed by atoms with Gasteiger partial charge in [-0.1, -0.05) is 24.3 Å². The van der Waals surface area contributed by atoms with Gasteiger partial charge >= 0.3 is 18.2 Å². The number of hydrogen-bond donors (Lipinski definition) is 1. The summed E-state index contributed by atoms with van der Waals surface area (Å²) in [5.74, 6) is 0.0174. The second-order valence-electron chi connectivity index (χ2n) is 8.92. The van der Waals surface area contributed by atoms with Gasteiger partial charge in [-0.15, -0.1) is 0 Å². The number of hydrogen-bond acceptors (Lipinski definition) is 6. The van der Waals surface area contributed by atoms with Gasteiger partial charge in [-0.05, 0) is 42.5 Å². The van der Waals surface area contributed by atoms with E-state index in [2.05, 4.69) is 10.1 Å². The molecular formula is C23H29F3N4O4. The zero-order valence-corrected chi connectivity index (χ0v) is 19.0. The number of rotatable bonds is 5. The van der Waals surface area contributed by atoms with Crippen molar-refractivity contribution in [1.82, 2.24) is 19.9 Å². The number of benzene rings is 1. The number of aliphatic hydroxyl groups excluding tert-OH is 1. The zero-order chi connectivity index (χ0) is 24.3. The molecule has 8 nitrogen and oxygen atoms in total. The lowest BCUT2D eigenvalue weighted by molar-refractivity contribution is -0.127. The first-order valence-corrected chi connectivity index (χ1v) is 11.6. The van der Waals surface area contributed by atoms with Crippen LogP contribution in [0.15, 0.2) is 28.8 Å². The summed E-state index contributed by atoms with van der Waals surface area (Å²) in [6, 6.07) is 6.40. The third-order valence-electron chi connectivity index (χ3n) is 6.36.